The molecule has 0 radical (unpaired) electrons. The highest BCUT2D eigenvalue weighted by atomic mass is 32.1. The third-order valence-electron chi connectivity index (χ3n) is 4.93. The Morgan fingerprint density at radius 2 is 1.67 bits per heavy atom. The van der Waals surface area contributed by atoms with Crippen molar-refractivity contribution in [1.82, 2.24) is 14.9 Å². The fourth-order valence-electron chi connectivity index (χ4n) is 3.62. The number of nitrogens with zero attached hydrogens (tertiary/aromatic N) is 2. The van der Waals surface area contributed by atoms with Gasteiger partial charge in [-0.3, -0.25) is 4.79 Å². The highest BCUT2D eigenvalue weighted by Gasteiger charge is 2.21. The number of rotatable bonds is 10. The SMILES string of the molecule is CCOc1cc(CNC(=O)c2sc3ncccc3c2-n2cccc2)cc(OCC)c1OCC. The molecule has 3 aromatic heterocycles. The van der Waals surface area contributed by atoms with Crippen molar-refractivity contribution in [3.05, 3.63) is 65.4 Å². The zero-order valence-electron chi connectivity index (χ0n) is 19.0. The molecular weight excluding hydrogens is 438 g/mol. The molecule has 1 amide bonds. The van der Waals surface area contributed by atoms with Crippen molar-refractivity contribution < 1.29 is 19.0 Å². The van der Waals surface area contributed by atoms with Crippen LogP contribution < -0.4 is 19.5 Å². The van der Waals surface area contributed by atoms with E-state index in [1.54, 1.807) is 6.20 Å². The van der Waals surface area contributed by atoms with Gasteiger partial charge < -0.3 is 24.1 Å². The molecule has 0 spiro atoms. The van der Waals surface area contributed by atoms with Crippen molar-refractivity contribution in [2.45, 2.75) is 27.3 Å². The molecule has 0 atom stereocenters. The van der Waals surface area contributed by atoms with Crippen molar-refractivity contribution in [3.63, 3.8) is 0 Å². The van der Waals surface area contributed by atoms with Crippen molar-refractivity contribution in [1.29, 1.82) is 0 Å². The van der Waals surface area contributed by atoms with E-state index >= 15 is 0 Å². The van der Waals surface area contributed by atoms with E-state index in [2.05, 4.69) is 10.3 Å². The number of nitrogens with one attached hydrogen (secondary N) is 1. The minimum atomic E-state index is -0.161. The number of pyridine rings is 1. The second-order valence-corrected chi connectivity index (χ2v) is 8.13. The molecule has 7 nitrogen and oxygen atoms in total. The van der Waals surface area contributed by atoms with Crippen LogP contribution in [0, 0.1) is 0 Å². The second-order valence-electron chi connectivity index (χ2n) is 7.13. The van der Waals surface area contributed by atoms with Crippen LogP contribution in [0.15, 0.2) is 55.0 Å². The molecule has 8 heteroatoms. The Morgan fingerprint density at radius 3 is 2.30 bits per heavy atom. The summed E-state index contributed by atoms with van der Waals surface area (Å²) in [6, 6.07) is 11.5. The van der Waals surface area contributed by atoms with Crippen LogP contribution in [0.3, 0.4) is 0 Å². The van der Waals surface area contributed by atoms with Crippen LogP contribution in [-0.2, 0) is 6.54 Å². The number of carbonyl (C=O) groups is 1. The van der Waals surface area contributed by atoms with E-state index in [1.165, 1.54) is 11.3 Å². The molecule has 33 heavy (non-hydrogen) atoms. The smallest absolute Gasteiger partial charge is 0.263 e. The Balaban J connectivity index is 1.63. The van der Waals surface area contributed by atoms with Gasteiger partial charge in [-0.2, -0.15) is 0 Å². The number of hydrogen-bond donors (Lipinski definition) is 1. The van der Waals surface area contributed by atoms with E-state index in [1.807, 2.05) is 74.1 Å². The van der Waals surface area contributed by atoms with Gasteiger partial charge >= 0.3 is 0 Å². The van der Waals surface area contributed by atoms with E-state index in [-0.39, 0.29) is 5.91 Å². The molecular formula is C25H27N3O4S. The predicted molar refractivity (Wildman–Crippen MR) is 130 cm³/mol. The maximum atomic E-state index is 13.3. The highest BCUT2D eigenvalue weighted by molar-refractivity contribution is 7.21. The van der Waals surface area contributed by atoms with Gasteiger partial charge in [0.1, 0.15) is 9.71 Å². The topological polar surface area (TPSA) is 74.6 Å². The van der Waals surface area contributed by atoms with E-state index in [9.17, 15) is 4.79 Å². The molecule has 4 rings (SSSR count). The van der Waals surface area contributed by atoms with Gasteiger partial charge in [0.25, 0.3) is 5.91 Å². The molecule has 0 aliphatic heterocycles. The fourth-order valence-corrected chi connectivity index (χ4v) is 4.68. The summed E-state index contributed by atoms with van der Waals surface area (Å²) >= 11 is 1.38. The van der Waals surface area contributed by atoms with Gasteiger partial charge in [0.15, 0.2) is 11.5 Å². The van der Waals surface area contributed by atoms with Gasteiger partial charge in [0, 0.05) is 30.5 Å². The van der Waals surface area contributed by atoms with Crippen LogP contribution in [0.5, 0.6) is 17.2 Å². The van der Waals surface area contributed by atoms with Gasteiger partial charge in [-0.1, -0.05) is 0 Å². The molecule has 0 aliphatic carbocycles. The van der Waals surface area contributed by atoms with Crippen molar-refractivity contribution in [3.8, 4) is 22.9 Å². The lowest BCUT2D eigenvalue weighted by Gasteiger charge is -2.17. The van der Waals surface area contributed by atoms with E-state index in [0.29, 0.717) is 48.5 Å². The normalized spacial score (nSPS) is 10.9. The summed E-state index contributed by atoms with van der Waals surface area (Å²) in [5.74, 6) is 1.63. The first-order chi connectivity index (χ1) is 16.2. The first kappa shape index (κ1) is 22.7. The Kier molecular flexibility index (Phi) is 7.14. The number of aromatic nitrogens is 2. The van der Waals surface area contributed by atoms with E-state index in [4.69, 9.17) is 14.2 Å². The summed E-state index contributed by atoms with van der Waals surface area (Å²) in [5.41, 5.74) is 1.70. The molecule has 4 aromatic rings. The molecule has 0 aliphatic rings. The summed E-state index contributed by atoms with van der Waals surface area (Å²) < 4.78 is 19.3. The molecule has 0 unspecified atom stereocenters. The lowest BCUT2D eigenvalue weighted by Crippen LogP contribution is -2.23. The summed E-state index contributed by atoms with van der Waals surface area (Å²) in [6.07, 6.45) is 5.60. The van der Waals surface area contributed by atoms with Crippen molar-refractivity contribution in [2.24, 2.45) is 0 Å². The molecule has 3 heterocycles. The van der Waals surface area contributed by atoms with E-state index < -0.39 is 0 Å². The highest BCUT2D eigenvalue weighted by Crippen LogP contribution is 2.39. The summed E-state index contributed by atoms with van der Waals surface area (Å²) in [5, 5.41) is 3.99. The van der Waals surface area contributed by atoms with Gasteiger partial charge in [-0.05, 0) is 62.7 Å². The first-order valence-corrected chi connectivity index (χ1v) is 11.8. The number of thiophene rings is 1. The Morgan fingerprint density at radius 1 is 1.00 bits per heavy atom. The molecule has 0 fully saturated rings. The lowest BCUT2D eigenvalue weighted by atomic mass is 10.1. The zero-order chi connectivity index (χ0) is 23.2. The van der Waals surface area contributed by atoms with Crippen LogP contribution in [0.1, 0.15) is 36.0 Å². The lowest BCUT2D eigenvalue weighted by molar-refractivity contribution is 0.0955. The average molecular weight is 466 g/mol. The zero-order valence-corrected chi connectivity index (χ0v) is 19.8. The average Bonchev–Trinajstić information content (AvgIpc) is 3.47. The van der Waals surface area contributed by atoms with Crippen LogP contribution in [0.4, 0.5) is 0 Å². The Bertz CT molecular complexity index is 1210. The molecule has 1 N–H and O–H groups in total. The minimum Gasteiger partial charge on any atom is -0.490 e. The van der Waals surface area contributed by atoms with Crippen molar-refractivity contribution in [2.75, 3.05) is 19.8 Å². The number of hydrogen-bond acceptors (Lipinski definition) is 6. The second kappa shape index (κ2) is 10.4. The molecule has 0 saturated heterocycles. The summed E-state index contributed by atoms with van der Waals surface area (Å²) in [4.78, 5) is 19.1. The first-order valence-electron chi connectivity index (χ1n) is 11.0. The van der Waals surface area contributed by atoms with Gasteiger partial charge in [0.2, 0.25) is 5.75 Å². The maximum absolute atomic E-state index is 13.3. The number of carbonyl (C=O) groups excluding carboxylic acids is 1. The predicted octanol–water partition coefficient (Wildman–Crippen LogP) is 5.21. The maximum Gasteiger partial charge on any atom is 0.263 e. The molecule has 172 valence electrons. The number of ether oxygens (including phenoxy) is 3. The van der Waals surface area contributed by atoms with Crippen molar-refractivity contribution >= 4 is 27.5 Å². The van der Waals surface area contributed by atoms with Crippen LogP contribution in [-0.4, -0.2) is 35.3 Å². The third kappa shape index (κ3) is 4.80. The van der Waals surface area contributed by atoms with E-state index in [0.717, 1.165) is 21.5 Å². The standard InChI is InChI=1S/C25H27N3O4S/c1-4-30-19-14-17(15-20(31-5-2)22(19)32-6-3)16-27-24(29)23-21(28-12-7-8-13-28)18-10-9-11-26-25(18)33-23/h7-15H,4-6,16H2,1-3H3,(H,27,29). The third-order valence-corrected chi connectivity index (χ3v) is 6.03. The van der Waals surface area contributed by atoms with Gasteiger partial charge in [-0.15, -0.1) is 11.3 Å². The number of amides is 1. The summed E-state index contributed by atoms with van der Waals surface area (Å²) in [7, 11) is 0. The van der Waals surface area contributed by atoms with Gasteiger partial charge in [0.05, 0.1) is 25.5 Å². The summed E-state index contributed by atoms with van der Waals surface area (Å²) in [6.45, 7) is 7.57. The fraction of sp³-hybridized carbons (Fsp3) is 0.280. The minimum absolute atomic E-state index is 0.161. The number of fused-ring (bicyclic) bond motifs is 1. The Labute approximate surface area is 196 Å². The van der Waals surface area contributed by atoms with Crippen LogP contribution in [0.2, 0.25) is 0 Å². The monoisotopic (exact) mass is 465 g/mol. The molecule has 1 aromatic carbocycles. The largest absolute Gasteiger partial charge is 0.490 e. The number of benzene rings is 1. The van der Waals surface area contributed by atoms with Crippen LogP contribution >= 0.6 is 11.3 Å². The molecule has 0 bridgehead atoms. The Hall–Kier alpha value is -3.52. The van der Waals surface area contributed by atoms with Crippen LogP contribution in [0.25, 0.3) is 15.9 Å². The molecule has 0 saturated carbocycles. The quantitative estimate of drug-likeness (QED) is 0.348. The van der Waals surface area contributed by atoms with Gasteiger partial charge in [-0.25, -0.2) is 4.98 Å².